The van der Waals surface area contributed by atoms with Crippen LogP contribution in [0.25, 0.3) is 0 Å². The molecule has 8 nitrogen and oxygen atoms in total. The van der Waals surface area contributed by atoms with E-state index in [-0.39, 0.29) is 11.6 Å². The summed E-state index contributed by atoms with van der Waals surface area (Å²) < 4.78 is 15.7. The third-order valence-electron chi connectivity index (χ3n) is 3.55. The number of hydrogen-bond acceptors (Lipinski definition) is 5. The molecular weight excluding hydrogens is 304 g/mol. The number of carboxylic acids is 1. The predicted octanol–water partition coefficient (Wildman–Crippen LogP) is 1.77. The molecule has 0 saturated carbocycles. The summed E-state index contributed by atoms with van der Waals surface area (Å²) in [6, 6.07) is 4.10. The molecule has 2 N–H and O–H groups in total. The van der Waals surface area contributed by atoms with Gasteiger partial charge in [0.25, 0.3) is 6.29 Å². The molecule has 2 heterocycles. The predicted molar refractivity (Wildman–Crippen MR) is 78.9 cm³/mol. The Kier molecular flexibility index (Phi) is 4.33. The van der Waals surface area contributed by atoms with Crippen molar-refractivity contribution in [3.63, 3.8) is 0 Å². The van der Waals surface area contributed by atoms with E-state index in [1.165, 1.54) is 30.7 Å². The zero-order valence-corrected chi connectivity index (χ0v) is 12.2. The highest BCUT2D eigenvalue weighted by molar-refractivity contribution is 5.93. The number of nitrogens with zero attached hydrogens (tertiary/aromatic N) is 1. The number of carboxylic acid groups (broad SMARTS) is 1. The molecule has 8 heteroatoms. The molecule has 0 radical (unpaired) electrons. The molecule has 0 aliphatic carbocycles. The lowest BCUT2D eigenvalue weighted by atomic mass is 10.1. The van der Waals surface area contributed by atoms with Crippen LogP contribution in [0.2, 0.25) is 0 Å². The van der Waals surface area contributed by atoms with Crippen molar-refractivity contribution < 1.29 is 28.9 Å². The number of morpholine rings is 1. The van der Waals surface area contributed by atoms with E-state index in [4.69, 9.17) is 19.3 Å². The minimum atomic E-state index is -1.07. The summed E-state index contributed by atoms with van der Waals surface area (Å²) in [4.78, 5) is 25.1. The first-order valence-electron chi connectivity index (χ1n) is 7.12. The summed E-state index contributed by atoms with van der Waals surface area (Å²) in [7, 11) is 0. The van der Waals surface area contributed by atoms with Gasteiger partial charge in [0.15, 0.2) is 0 Å². The van der Waals surface area contributed by atoms with Gasteiger partial charge < -0.3 is 29.5 Å². The number of anilines is 1. The molecule has 0 spiro atoms. The van der Waals surface area contributed by atoms with Gasteiger partial charge in [-0.2, -0.15) is 0 Å². The molecule has 23 heavy (non-hydrogen) atoms. The molecule has 122 valence electrons. The van der Waals surface area contributed by atoms with Gasteiger partial charge in [-0.25, -0.2) is 9.59 Å². The smallest absolute Gasteiger partial charge is 0.335 e. The standard InChI is InChI=1S/C15H16N2O6/c18-13(19)10-1-2-12(11(9-10)14-22-7-8-23-14)16-15(20)17-3-5-21-6-4-17/h1-2,7-9,14H,3-6H2,(H,16,20)(H,18,19). The summed E-state index contributed by atoms with van der Waals surface area (Å²) in [5.41, 5.74) is 0.972. The summed E-state index contributed by atoms with van der Waals surface area (Å²) in [5, 5.41) is 11.9. The summed E-state index contributed by atoms with van der Waals surface area (Å²) in [5.74, 6) is -1.07. The first kappa shape index (κ1) is 15.2. The van der Waals surface area contributed by atoms with Gasteiger partial charge in [-0.15, -0.1) is 0 Å². The Balaban J connectivity index is 1.82. The number of urea groups is 1. The van der Waals surface area contributed by atoms with Gasteiger partial charge in [0.2, 0.25) is 0 Å². The molecule has 3 rings (SSSR count). The van der Waals surface area contributed by atoms with Crippen molar-refractivity contribution in [2.45, 2.75) is 6.29 Å². The van der Waals surface area contributed by atoms with Crippen LogP contribution in [0.1, 0.15) is 22.2 Å². The van der Waals surface area contributed by atoms with Gasteiger partial charge in [0.1, 0.15) is 12.5 Å². The molecule has 1 fully saturated rings. The minimum absolute atomic E-state index is 0.0865. The molecular formula is C15H16N2O6. The van der Waals surface area contributed by atoms with Crippen LogP contribution in [0.3, 0.4) is 0 Å². The number of amides is 2. The number of carbonyl (C=O) groups is 2. The van der Waals surface area contributed by atoms with Crippen LogP contribution in [0.15, 0.2) is 30.7 Å². The van der Waals surface area contributed by atoms with Crippen LogP contribution in [0.4, 0.5) is 10.5 Å². The second-order valence-corrected chi connectivity index (χ2v) is 5.01. The normalized spacial score (nSPS) is 17.5. The quantitative estimate of drug-likeness (QED) is 0.881. The van der Waals surface area contributed by atoms with Crippen LogP contribution in [0.5, 0.6) is 0 Å². The molecule has 1 aromatic carbocycles. The number of carbonyl (C=O) groups excluding carboxylic acids is 1. The number of hydrogen-bond donors (Lipinski definition) is 2. The number of aromatic carboxylic acids is 1. The Hall–Kier alpha value is -2.74. The van der Waals surface area contributed by atoms with Crippen LogP contribution in [-0.2, 0) is 14.2 Å². The first-order chi connectivity index (χ1) is 11.1. The Morgan fingerprint density at radius 2 is 1.87 bits per heavy atom. The third kappa shape index (κ3) is 3.37. The number of nitrogens with one attached hydrogen (secondary N) is 1. The van der Waals surface area contributed by atoms with Crippen LogP contribution in [-0.4, -0.2) is 48.3 Å². The van der Waals surface area contributed by atoms with Gasteiger partial charge in [0, 0.05) is 13.1 Å². The van der Waals surface area contributed by atoms with E-state index in [1.807, 2.05) is 0 Å². The SMILES string of the molecule is O=C(O)c1ccc(NC(=O)N2CCOCC2)c(C2OC=CO2)c1. The molecule has 2 amide bonds. The fraction of sp³-hybridized carbons (Fsp3) is 0.333. The molecule has 0 aromatic heterocycles. The highest BCUT2D eigenvalue weighted by Crippen LogP contribution is 2.31. The second-order valence-electron chi connectivity index (χ2n) is 5.01. The highest BCUT2D eigenvalue weighted by atomic mass is 16.7. The summed E-state index contributed by atoms with van der Waals surface area (Å²) in [6.45, 7) is 2.01. The van der Waals surface area contributed by atoms with Crippen LogP contribution < -0.4 is 5.32 Å². The monoisotopic (exact) mass is 320 g/mol. The largest absolute Gasteiger partial charge is 0.478 e. The van der Waals surface area contributed by atoms with Crippen molar-refractivity contribution >= 4 is 17.7 Å². The highest BCUT2D eigenvalue weighted by Gasteiger charge is 2.24. The summed E-state index contributed by atoms with van der Waals surface area (Å²) >= 11 is 0. The molecule has 2 aliphatic heterocycles. The fourth-order valence-electron chi connectivity index (χ4n) is 2.35. The average molecular weight is 320 g/mol. The molecule has 0 unspecified atom stereocenters. The summed E-state index contributed by atoms with van der Waals surface area (Å²) in [6.07, 6.45) is 1.95. The topological polar surface area (TPSA) is 97.3 Å². The Bertz CT molecular complexity index is 631. The van der Waals surface area contributed by atoms with E-state index in [1.54, 1.807) is 4.90 Å². The maximum Gasteiger partial charge on any atom is 0.335 e. The van der Waals surface area contributed by atoms with Gasteiger partial charge in [-0.1, -0.05) is 0 Å². The minimum Gasteiger partial charge on any atom is -0.478 e. The van der Waals surface area contributed by atoms with Crippen molar-refractivity contribution in [1.29, 1.82) is 0 Å². The molecule has 1 aromatic rings. The Morgan fingerprint density at radius 1 is 1.17 bits per heavy atom. The zero-order valence-electron chi connectivity index (χ0n) is 12.2. The first-order valence-corrected chi connectivity index (χ1v) is 7.12. The second kappa shape index (κ2) is 6.57. The van der Waals surface area contributed by atoms with E-state index in [9.17, 15) is 9.59 Å². The van der Waals surface area contributed by atoms with E-state index in [0.717, 1.165) is 0 Å². The van der Waals surface area contributed by atoms with Gasteiger partial charge in [-0.3, -0.25) is 0 Å². The maximum atomic E-state index is 12.3. The van der Waals surface area contributed by atoms with Crippen molar-refractivity contribution in [2.24, 2.45) is 0 Å². The van der Waals surface area contributed by atoms with E-state index < -0.39 is 12.3 Å². The lowest BCUT2D eigenvalue weighted by Crippen LogP contribution is -2.43. The maximum absolute atomic E-state index is 12.3. The number of ether oxygens (including phenoxy) is 3. The lowest BCUT2D eigenvalue weighted by Gasteiger charge is -2.27. The Morgan fingerprint density at radius 3 is 2.52 bits per heavy atom. The van der Waals surface area contributed by atoms with E-state index in [0.29, 0.717) is 37.6 Å². The zero-order chi connectivity index (χ0) is 16.2. The van der Waals surface area contributed by atoms with Gasteiger partial charge in [0.05, 0.1) is 30.0 Å². The molecule has 0 atom stereocenters. The van der Waals surface area contributed by atoms with Crippen molar-refractivity contribution in [2.75, 3.05) is 31.6 Å². The van der Waals surface area contributed by atoms with Crippen LogP contribution in [0, 0.1) is 0 Å². The number of rotatable bonds is 3. The molecule has 1 saturated heterocycles. The van der Waals surface area contributed by atoms with E-state index in [2.05, 4.69) is 5.32 Å². The molecule has 0 bridgehead atoms. The molecule has 2 aliphatic rings. The third-order valence-corrected chi connectivity index (χ3v) is 3.55. The Labute approximate surface area is 132 Å². The van der Waals surface area contributed by atoms with Crippen molar-refractivity contribution in [1.82, 2.24) is 4.90 Å². The van der Waals surface area contributed by atoms with Crippen LogP contribution >= 0.6 is 0 Å². The average Bonchev–Trinajstić information content (AvgIpc) is 3.10. The van der Waals surface area contributed by atoms with Crippen molar-refractivity contribution in [3.8, 4) is 0 Å². The number of benzene rings is 1. The van der Waals surface area contributed by atoms with Gasteiger partial charge in [-0.05, 0) is 18.2 Å². The van der Waals surface area contributed by atoms with E-state index >= 15 is 0 Å². The fourth-order valence-corrected chi connectivity index (χ4v) is 2.35. The lowest BCUT2D eigenvalue weighted by molar-refractivity contribution is -0.0240. The van der Waals surface area contributed by atoms with Crippen molar-refractivity contribution in [3.05, 3.63) is 41.9 Å². The van der Waals surface area contributed by atoms with Gasteiger partial charge >= 0.3 is 12.0 Å².